The minimum absolute atomic E-state index is 0.0364. The Balaban J connectivity index is 1.59. The first-order valence-corrected chi connectivity index (χ1v) is 10.9. The first-order valence-electron chi connectivity index (χ1n) is 9.07. The van der Waals surface area contributed by atoms with Crippen molar-refractivity contribution in [3.05, 3.63) is 47.7 Å². The number of benzene rings is 1. The molecule has 1 aromatic heterocycles. The molecule has 0 saturated carbocycles. The van der Waals surface area contributed by atoms with Crippen molar-refractivity contribution >= 4 is 27.5 Å². The van der Waals surface area contributed by atoms with E-state index in [1.165, 1.54) is 19.9 Å². The summed E-state index contributed by atoms with van der Waals surface area (Å²) < 4.78 is 33.5. The van der Waals surface area contributed by atoms with Crippen molar-refractivity contribution in [1.82, 2.24) is 5.32 Å². The fourth-order valence-corrected chi connectivity index (χ4v) is 4.64. The summed E-state index contributed by atoms with van der Waals surface area (Å²) in [6.07, 6.45) is -0.757. The Hall–Kier alpha value is -2.94. The smallest absolute Gasteiger partial charge is 0.375 e. The number of ether oxygens (including phenoxy) is 1. The maximum Gasteiger partial charge on any atom is 0.375 e. The van der Waals surface area contributed by atoms with E-state index in [4.69, 9.17) is 9.15 Å². The standard InChI is InChI=1S/C20H21NO7S/c1-12(22)14-3-5-15(6-4-14)17-7-8-18(28-17)20(24)27-13(2)19(23)21-16-9-10-29(25,26)11-16/h3-8,13,16H,9-11H2,1-2H3,(H,21,23)/t13-,16+/m1/s1. The van der Waals surface area contributed by atoms with Gasteiger partial charge < -0.3 is 14.5 Å². The lowest BCUT2D eigenvalue weighted by Gasteiger charge is -2.16. The van der Waals surface area contributed by atoms with Gasteiger partial charge in [0.25, 0.3) is 5.91 Å². The summed E-state index contributed by atoms with van der Waals surface area (Å²) in [7, 11) is -3.12. The van der Waals surface area contributed by atoms with Gasteiger partial charge in [-0.2, -0.15) is 0 Å². The van der Waals surface area contributed by atoms with Gasteiger partial charge in [-0.25, -0.2) is 13.2 Å². The summed E-state index contributed by atoms with van der Waals surface area (Å²) in [6, 6.07) is 9.29. The van der Waals surface area contributed by atoms with Crippen molar-refractivity contribution in [2.45, 2.75) is 32.4 Å². The monoisotopic (exact) mass is 419 g/mol. The van der Waals surface area contributed by atoms with Crippen molar-refractivity contribution in [3.8, 4) is 11.3 Å². The lowest BCUT2D eigenvalue weighted by molar-refractivity contribution is -0.129. The Bertz CT molecular complexity index is 1040. The second-order valence-electron chi connectivity index (χ2n) is 6.95. The molecule has 2 heterocycles. The molecular weight excluding hydrogens is 398 g/mol. The van der Waals surface area contributed by atoms with E-state index in [0.29, 0.717) is 23.3 Å². The summed E-state index contributed by atoms with van der Waals surface area (Å²) in [4.78, 5) is 35.7. The predicted octanol–water partition coefficient (Wildman–Crippen LogP) is 2.00. The number of hydrogen-bond donors (Lipinski definition) is 1. The molecule has 2 aromatic rings. The van der Waals surface area contributed by atoms with E-state index in [1.54, 1.807) is 30.3 Å². The summed E-state index contributed by atoms with van der Waals surface area (Å²) >= 11 is 0. The number of esters is 1. The van der Waals surface area contributed by atoms with Crippen LogP contribution >= 0.6 is 0 Å². The third kappa shape index (κ3) is 5.11. The van der Waals surface area contributed by atoms with Crippen molar-refractivity contribution < 1.29 is 32.0 Å². The van der Waals surface area contributed by atoms with Crippen LogP contribution in [-0.2, 0) is 19.4 Å². The number of ketones is 1. The first kappa shape index (κ1) is 20.8. The van der Waals surface area contributed by atoms with E-state index in [-0.39, 0.29) is 23.0 Å². The van der Waals surface area contributed by atoms with Crippen molar-refractivity contribution in [1.29, 1.82) is 0 Å². The normalized spacial score (nSPS) is 18.8. The van der Waals surface area contributed by atoms with Gasteiger partial charge in [-0.15, -0.1) is 0 Å². The molecule has 1 aliphatic heterocycles. The third-order valence-electron chi connectivity index (χ3n) is 4.61. The molecule has 0 bridgehead atoms. The second kappa shape index (κ2) is 8.20. The molecule has 0 unspecified atom stereocenters. The predicted molar refractivity (Wildman–Crippen MR) is 104 cm³/mol. The van der Waals surface area contributed by atoms with Gasteiger partial charge >= 0.3 is 5.97 Å². The Morgan fingerprint density at radius 3 is 2.41 bits per heavy atom. The van der Waals surface area contributed by atoms with Gasteiger partial charge in [0.05, 0.1) is 11.5 Å². The van der Waals surface area contributed by atoms with Gasteiger partial charge in [-0.1, -0.05) is 24.3 Å². The first-order chi connectivity index (χ1) is 13.6. The molecule has 3 rings (SSSR count). The largest absolute Gasteiger partial charge is 0.449 e. The van der Waals surface area contributed by atoms with Crippen LogP contribution in [0.15, 0.2) is 40.8 Å². The molecule has 0 spiro atoms. The Morgan fingerprint density at radius 1 is 1.14 bits per heavy atom. The molecule has 0 radical (unpaired) electrons. The van der Waals surface area contributed by atoms with Gasteiger partial charge in [0.2, 0.25) is 5.76 Å². The highest BCUT2D eigenvalue weighted by Crippen LogP contribution is 2.23. The van der Waals surface area contributed by atoms with Crippen LogP contribution in [0.4, 0.5) is 0 Å². The van der Waals surface area contributed by atoms with Crippen LogP contribution in [-0.4, -0.2) is 49.7 Å². The average molecular weight is 419 g/mol. The van der Waals surface area contributed by atoms with Crippen molar-refractivity contribution in [3.63, 3.8) is 0 Å². The zero-order valence-corrected chi connectivity index (χ0v) is 16.8. The topological polar surface area (TPSA) is 120 Å². The van der Waals surface area contributed by atoms with Gasteiger partial charge in [0.1, 0.15) is 5.76 Å². The molecule has 1 N–H and O–H groups in total. The molecule has 1 aliphatic rings. The number of amides is 1. The minimum Gasteiger partial charge on any atom is -0.449 e. The van der Waals surface area contributed by atoms with Crippen LogP contribution in [0.25, 0.3) is 11.3 Å². The molecule has 1 amide bonds. The van der Waals surface area contributed by atoms with Gasteiger partial charge in [-0.05, 0) is 32.4 Å². The Labute approximate surface area is 168 Å². The Kier molecular flexibility index (Phi) is 5.88. The lowest BCUT2D eigenvalue weighted by Crippen LogP contribution is -2.42. The molecule has 154 valence electrons. The Morgan fingerprint density at radius 2 is 1.83 bits per heavy atom. The van der Waals surface area contributed by atoms with Crippen LogP contribution in [0, 0.1) is 0 Å². The van der Waals surface area contributed by atoms with E-state index in [0.717, 1.165) is 0 Å². The van der Waals surface area contributed by atoms with E-state index in [2.05, 4.69) is 5.32 Å². The summed E-state index contributed by atoms with van der Waals surface area (Å²) in [5.74, 6) is -1.15. The fourth-order valence-electron chi connectivity index (χ4n) is 2.97. The van der Waals surface area contributed by atoms with Crippen LogP contribution in [0.3, 0.4) is 0 Å². The SMILES string of the molecule is CC(=O)c1ccc(-c2ccc(C(=O)O[C@H](C)C(=O)N[C@H]3CCS(=O)(=O)C3)o2)cc1. The van der Waals surface area contributed by atoms with Crippen LogP contribution in [0.5, 0.6) is 0 Å². The maximum atomic E-state index is 12.3. The zero-order valence-electron chi connectivity index (χ0n) is 16.0. The fraction of sp³-hybridized carbons (Fsp3) is 0.350. The van der Waals surface area contributed by atoms with E-state index in [1.807, 2.05) is 0 Å². The van der Waals surface area contributed by atoms with Gasteiger partial charge in [0, 0.05) is 17.2 Å². The van der Waals surface area contributed by atoms with Crippen LogP contribution < -0.4 is 5.32 Å². The number of furan rings is 1. The highest BCUT2D eigenvalue weighted by atomic mass is 32.2. The molecule has 2 atom stereocenters. The van der Waals surface area contributed by atoms with Gasteiger partial charge in [-0.3, -0.25) is 9.59 Å². The lowest BCUT2D eigenvalue weighted by atomic mass is 10.1. The van der Waals surface area contributed by atoms with E-state index < -0.39 is 33.9 Å². The molecule has 1 fully saturated rings. The van der Waals surface area contributed by atoms with Crippen LogP contribution in [0.1, 0.15) is 41.2 Å². The maximum absolute atomic E-state index is 12.3. The average Bonchev–Trinajstić information content (AvgIpc) is 3.28. The molecule has 1 aromatic carbocycles. The number of hydrogen-bond acceptors (Lipinski definition) is 7. The molecule has 8 nitrogen and oxygen atoms in total. The molecular formula is C20H21NO7S. The second-order valence-corrected chi connectivity index (χ2v) is 9.18. The number of Topliss-reactive ketones (excluding diaryl/α,β-unsaturated/α-hetero) is 1. The number of rotatable bonds is 6. The molecule has 29 heavy (non-hydrogen) atoms. The van der Waals surface area contributed by atoms with Crippen LogP contribution in [0.2, 0.25) is 0 Å². The van der Waals surface area contributed by atoms with Gasteiger partial charge in [0.15, 0.2) is 21.7 Å². The number of carbonyl (C=O) groups is 3. The molecule has 1 saturated heterocycles. The summed E-state index contributed by atoms with van der Waals surface area (Å²) in [6.45, 7) is 2.87. The zero-order chi connectivity index (χ0) is 21.2. The highest BCUT2D eigenvalue weighted by Gasteiger charge is 2.31. The summed E-state index contributed by atoms with van der Waals surface area (Å²) in [5, 5.41) is 2.58. The number of carbonyl (C=O) groups excluding carboxylic acids is 3. The quantitative estimate of drug-likeness (QED) is 0.562. The van der Waals surface area contributed by atoms with Crippen molar-refractivity contribution in [2.24, 2.45) is 0 Å². The third-order valence-corrected chi connectivity index (χ3v) is 6.38. The highest BCUT2D eigenvalue weighted by molar-refractivity contribution is 7.91. The van der Waals surface area contributed by atoms with E-state index in [9.17, 15) is 22.8 Å². The molecule has 9 heteroatoms. The molecule has 0 aliphatic carbocycles. The van der Waals surface area contributed by atoms with E-state index >= 15 is 0 Å². The van der Waals surface area contributed by atoms with Crippen molar-refractivity contribution in [2.75, 3.05) is 11.5 Å². The number of nitrogens with one attached hydrogen (secondary N) is 1. The summed E-state index contributed by atoms with van der Waals surface area (Å²) in [5.41, 5.74) is 1.25. The number of sulfone groups is 1. The minimum atomic E-state index is -3.12.